The summed E-state index contributed by atoms with van der Waals surface area (Å²) < 4.78 is 13.1. The molecule has 0 aliphatic rings. The van der Waals surface area contributed by atoms with Gasteiger partial charge in [-0.15, -0.1) is 0 Å². The second kappa shape index (κ2) is 8.19. The fourth-order valence-corrected chi connectivity index (χ4v) is 2.11. The SMILES string of the molecule is O=C(N[C@H](CF)[C@H](O)c1ccc(-c2cnccn2)cc1)C(Cl)Cl. The van der Waals surface area contributed by atoms with Crippen LogP contribution in [0.2, 0.25) is 0 Å². The topological polar surface area (TPSA) is 75.1 Å². The molecule has 1 aromatic heterocycles. The molecule has 122 valence electrons. The van der Waals surface area contributed by atoms with Crippen molar-refractivity contribution in [3.8, 4) is 11.3 Å². The van der Waals surface area contributed by atoms with Gasteiger partial charge in [0.05, 0.1) is 17.9 Å². The number of amides is 1. The molecule has 1 amide bonds. The highest BCUT2D eigenvalue weighted by molar-refractivity contribution is 6.53. The summed E-state index contributed by atoms with van der Waals surface area (Å²) in [5.41, 5.74) is 1.92. The maximum atomic E-state index is 13.1. The van der Waals surface area contributed by atoms with Gasteiger partial charge in [0, 0.05) is 18.0 Å². The molecule has 0 spiro atoms. The van der Waals surface area contributed by atoms with Crippen LogP contribution in [0.3, 0.4) is 0 Å². The number of nitrogens with one attached hydrogen (secondary N) is 1. The molecule has 2 atom stereocenters. The summed E-state index contributed by atoms with van der Waals surface area (Å²) in [6, 6.07) is 5.58. The molecular weight excluding hydrogens is 344 g/mol. The van der Waals surface area contributed by atoms with Crippen molar-refractivity contribution in [2.75, 3.05) is 6.67 Å². The van der Waals surface area contributed by atoms with Gasteiger partial charge in [-0.2, -0.15) is 0 Å². The molecule has 0 fully saturated rings. The van der Waals surface area contributed by atoms with Gasteiger partial charge >= 0.3 is 0 Å². The zero-order valence-corrected chi connectivity index (χ0v) is 13.4. The molecule has 8 heteroatoms. The number of hydrogen-bond acceptors (Lipinski definition) is 4. The molecule has 0 saturated heterocycles. The highest BCUT2D eigenvalue weighted by Crippen LogP contribution is 2.22. The van der Waals surface area contributed by atoms with Crippen molar-refractivity contribution in [2.45, 2.75) is 17.0 Å². The number of aliphatic hydroxyl groups is 1. The third kappa shape index (κ3) is 4.60. The molecule has 5 nitrogen and oxygen atoms in total. The van der Waals surface area contributed by atoms with Crippen LogP contribution in [0.5, 0.6) is 0 Å². The molecule has 1 aromatic carbocycles. The number of aliphatic hydroxyl groups excluding tert-OH is 1. The van der Waals surface area contributed by atoms with E-state index in [1.54, 1.807) is 42.9 Å². The molecular formula is C15H14Cl2FN3O2. The lowest BCUT2D eigenvalue weighted by Crippen LogP contribution is -2.43. The van der Waals surface area contributed by atoms with Crippen molar-refractivity contribution >= 4 is 29.1 Å². The summed E-state index contributed by atoms with van der Waals surface area (Å²) in [6.07, 6.45) is 3.52. The number of carbonyl (C=O) groups is 1. The molecule has 2 rings (SSSR count). The second-order valence-electron chi connectivity index (χ2n) is 4.73. The molecule has 1 heterocycles. The Kier molecular flexibility index (Phi) is 6.27. The van der Waals surface area contributed by atoms with Crippen molar-refractivity contribution in [1.82, 2.24) is 15.3 Å². The Balaban J connectivity index is 2.12. The number of carbonyl (C=O) groups excluding carboxylic acids is 1. The van der Waals surface area contributed by atoms with E-state index in [9.17, 15) is 14.3 Å². The van der Waals surface area contributed by atoms with Crippen molar-refractivity contribution < 1.29 is 14.3 Å². The second-order valence-corrected chi connectivity index (χ2v) is 5.82. The van der Waals surface area contributed by atoms with Crippen LogP contribution in [0, 0.1) is 0 Å². The van der Waals surface area contributed by atoms with Crippen LogP contribution in [0.1, 0.15) is 11.7 Å². The normalized spacial score (nSPS) is 13.6. The standard InChI is InChI=1S/C15H14Cl2FN3O2/c16-14(17)15(23)21-11(7-18)13(22)10-3-1-9(2-4-10)12-8-19-5-6-20-12/h1-6,8,11,13-14,22H,7H2,(H,21,23)/t11-,13-/m1/s1. The molecule has 23 heavy (non-hydrogen) atoms. The van der Waals surface area contributed by atoms with Gasteiger partial charge in [-0.1, -0.05) is 47.5 Å². The van der Waals surface area contributed by atoms with Crippen LogP contribution in [-0.2, 0) is 4.79 Å². The van der Waals surface area contributed by atoms with Gasteiger partial charge in [-0.05, 0) is 5.56 Å². The summed E-state index contributed by atoms with van der Waals surface area (Å²) in [5.74, 6) is -0.758. The summed E-state index contributed by atoms with van der Waals surface area (Å²) in [4.78, 5) is 18.2. The van der Waals surface area contributed by atoms with Crippen LogP contribution >= 0.6 is 23.2 Å². The molecule has 0 unspecified atom stereocenters. The van der Waals surface area contributed by atoms with E-state index in [2.05, 4.69) is 15.3 Å². The van der Waals surface area contributed by atoms with Gasteiger partial charge in [0.1, 0.15) is 12.8 Å². The predicted octanol–water partition coefficient (Wildman–Crippen LogP) is 2.44. The minimum Gasteiger partial charge on any atom is -0.386 e. The van der Waals surface area contributed by atoms with Crippen LogP contribution in [0.15, 0.2) is 42.9 Å². The molecule has 0 aliphatic heterocycles. The number of alkyl halides is 3. The first-order valence-electron chi connectivity index (χ1n) is 6.72. The summed E-state index contributed by atoms with van der Waals surface area (Å²) >= 11 is 10.8. The number of aromatic nitrogens is 2. The van der Waals surface area contributed by atoms with Crippen molar-refractivity contribution in [3.05, 3.63) is 48.4 Å². The first-order valence-corrected chi connectivity index (χ1v) is 7.59. The molecule has 0 bridgehead atoms. The number of benzene rings is 1. The minimum atomic E-state index is -1.32. The zero-order valence-electron chi connectivity index (χ0n) is 11.9. The molecule has 0 radical (unpaired) electrons. The van der Waals surface area contributed by atoms with E-state index < -0.39 is 29.6 Å². The summed E-state index contributed by atoms with van der Waals surface area (Å²) in [7, 11) is 0. The van der Waals surface area contributed by atoms with E-state index >= 15 is 0 Å². The van der Waals surface area contributed by atoms with Gasteiger partial charge in [-0.3, -0.25) is 14.8 Å². The number of nitrogens with zero attached hydrogens (tertiary/aromatic N) is 2. The maximum Gasteiger partial charge on any atom is 0.253 e. The predicted molar refractivity (Wildman–Crippen MR) is 85.8 cm³/mol. The van der Waals surface area contributed by atoms with Crippen molar-refractivity contribution in [3.63, 3.8) is 0 Å². The molecule has 0 aliphatic carbocycles. The van der Waals surface area contributed by atoms with E-state index in [0.29, 0.717) is 11.3 Å². The Morgan fingerprint density at radius 1 is 1.26 bits per heavy atom. The van der Waals surface area contributed by atoms with E-state index in [1.807, 2.05) is 0 Å². The highest BCUT2D eigenvalue weighted by atomic mass is 35.5. The average molecular weight is 358 g/mol. The van der Waals surface area contributed by atoms with Gasteiger partial charge < -0.3 is 10.4 Å². The first-order chi connectivity index (χ1) is 11.0. The smallest absolute Gasteiger partial charge is 0.253 e. The number of hydrogen-bond donors (Lipinski definition) is 2. The van der Waals surface area contributed by atoms with Gasteiger partial charge in [0.2, 0.25) is 0 Å². The van der Waals surface area contributed by atoms with E-state index in [1.165, 1.54) is 0 Å². The van der Waals surface area contributed by atoms with Crippen LogP contribution < -0.4 is 5.32 Å². The molecule has 2 N–H and O–H groups in total. The van der Waals surface area contributed by atoms with Crippen LogP contribution in [-0.4, -0.2) is 38.5 Å². The van der Waals surface area contributed by atoms with Crippen LogP contribution in [0.4, 0.5) is 4.39 Å². The van der Waals surface area contributed by atoms with E-state index in [-0.39, 0.29) is 0 Å². The monoisotopic (exact) mass is 357 g/mol. The fourth-order valence-electron chi connectivity index (χ4n) is 1.98. The largest absolute Gasteiger partial charge is 0.386 e. The van der Waals surface area contributed by atoms with Gasteiger partial charge in [0.15, 0.2) is 4.84 Å². The maximum absolute atomic E-state index is 13.1. The third-order valence-corrected chi connectivity index (χ3v) is 3.58. The number of rotatable bonds is 6. The van der Waals surface area contributed by atoms with Crippen molar-refractivity contribution in [2.24, 2.45) is 0 Å². The lowest BCUT2D eigenvalue weighted by Gasteiger charge is -2.22. The Morgan fingerprint density at radius 2 is 1.96 bits per heavy atom. The summed E-state index contributed by atoms with van der Waals surface area (Å²) in [5, 5.41) is 12.5. The molecule has 0 saturated carbocycles. The lowest BCUT2D eigenvalue weighted by atomic mass is 10.0. The Morgan fingerprint density at radius 3 is 2.48 bits per heavy atom. The Hall–Kier alpha value is -1.76. The Bertz CT molecular complexity index is 641. The van der Waals surface area contributed by atoms with Gasteiger partial charge in [-0.25, -0.2) is 4.39 Å². The van der Waals surface area contributed by atoms with E-state index in [0.717, 1.165) is 5.56 Å². The van der Waals surface area contributed by atoms with Crippen molar-refractivity contribution in [1.29, 1.82) is 0 Å². The average Bonchev–Trinajstić information content (AvgIpc) is 2.59. The first kappa shape index (κ1) is 17.6. The quantitative estimate of drug-likeness (QED) is 0.778. The van der Waals surface area contributed by atoms with E-state index in [4.69, 9.17) is 23.2 Å². The molecule has 2 aromatic rings. The summed E-state index contributed by atoms with van der Waals surface area (Å²) in [6.45, 7) is -0.959. The fraction of sp³-hybridized carbons (Fsp3) is 0.267. The lowest BCUT2D eigenvalue weighted by molar-refractivity contribution is -0.121. The zero-order chi connectivity index (χ0) is 16.8. The Labute approximate surface area is 142 Å². The number of halogens is 3. The highest BCUT2D eigenvalue weighted by Gasteiger charge is 2.25. The van der Waals surface area contributed by atoms with Crippen LogP contribution in [0.25, 0.3) is 11.3 Å². The van der Waals surface area contributed by atoms with Gasteiger partial charge in [0.25, 0.3) is 5.91 Å². The minimum absolute atomic E-state index is 0.446. The third-order valence-electron chi connectivity index (χ3n) is 3.18.